The van der Waals surface area contributed by atoms with Crippen molar-refractivity contribution in [2.75, 3.05) is 19.6 Å². The maximum absolute atomic E-state index is 12.5. The van der Waals surface area contributed by atoms with Crippen LogP contribution in [0.15, 0.2) is 24.4 Å². The fourth-order valence-corrected chi connectivity index (χ4v) is 4.32. The summed E-state index contributed by atoms with van der Waals surface area (Å²) in [6.07, 6.45) is 12.3. The van der Waals surface area contributed by atoms with Crippen LogP contribution in [0.4, 0.5) is 0 Å². The second-order valence-electron chi connectivity index (χ2n) is 8.11. The monoisotopic (exact) mass is 371 g/mol. The molecular weight excluding hydrogens is 338 g/mol. The van der Waals surface area contributed by atoms with E-state index >= 15 is 0 Å². The van der Waals surface area contributed by atoms with E-state index in [4.69, 9.17) is 0 Å². The van der Waals surface area contributed by atoms with Crippen LogP contribution in [-0.2, 0) is 16.0 Å². The number of nitrogens with one attached hydrogen (secondary N) is 1. The normalized spacial score (nSPS) is 21.3. The number of aryl methyl sites for hydroxylation is 1. The Kier molecular flexibility index (Phi) is 7.66. The van der Waals surface area contributed by atoms with Crippen molar-refractivity contribution in [3.63, 3.8) is 0 Å². The fourth-order valence-electron chi connectivity index (χ4n) is 4.32. The SMILES string of the molecule is O=C(NCCCCc1ccccn1)[C@H]1CCC(=O)N(CC2CCCCC2)C1. The van der Waals surface area contributed by atoms with Crippen molar-refractivity contribution in [3.8, 4) is 0 Å². The van der Waals surface area contributed by atoms with Gasteiger partial charge in [-0.25, -0.2) is 0 Å². The van der Waals surface area contributed by atoms with Gasteiger partial charge in [0, 0.05) is 37.9 Å². The zero-order chi connectivity index (χ0) is 18.9. The number of rotatable bonds is 8. The van der Waals surface area contributed by atoms with Gasteiger partial charge in [0.25, 0.3) is 0 Å². The first-order valence-corrected chi connectivity index (χ1v) is 10.7. The maximum Gasteiger partial charge on any atom is 0.224 e. The molecule has 2 aliphatic rings. The summed E-state index contributed by atoms with van der Waals surface area (Å²) in [6.45, 7) is 2.17. The first-order chi connectivity index (χ1) is 13.2. The van der Waals surface area contributed by atoms with Crippen molar-refractivity contribution in [2.24, 2.45) is 11.8 Å². The molecule has 2 amide bonds. The molecular formula is C22H33N3O2. The molecule has 1 saturated heterocycles. The number of piperidine rings is 1. The second-order valence-corrected chi connectivity index (χ2v) is 8.11. The molecule has 1 aromatic rings. The Morgan fingerprint density at radius 2 is 2.00 bits per heavy atom. The molecule has 2 heterocycles. The van der Waals surface area contributed by atoms with Crippen molar-refractivity contribution < 1.29 is 9.59 Å². The summed E-state index contributed by atoms with van der Waals surface area (Å²) in [5, 5.41) is 3.08. The third-order valence-corrected chi connectivity index (χ3v) is 5.96. The number of likely N-dealkylation sites (tertiary alicyclic amines) is 1. The van der Waals surface area contributed by atoms with Crippen LogP contribution >= 0.6 is 0 Å². The molecule has 1 aliphatic heterocycles. The molecule has 148 valence electrons. The fraction of sp³-hybridized carbons (Fsp3) is 0.682. The minimum atomic E-state index is -0.0397. The van der Waals surface area contributed by atoms with E-state index in [9.17, 15) is 9.59 Å². The highest BCUT2D eigenvalue weighted by Crippen LogP contribution is 2.27. The number of unbranched alkanes of at least 4 members (excludes halogenated alkanes) is 1. The molecule has 0 unspecified atom stereocenters. The molecule has 27 heavy (non-hydrogen) atoms. The quantitative estimate of drug-likeness (QED) is 0.713. The van der Waals surface area contributed by atoms with Gasteiger partial charge in [-0.2, -0.15) is 0 Å². The molecule has 1 N–H and O–H groups in total. The molecule has 3 rings (SSSR count). The molecule has 5 nitrogen and oxygen atoms in total. The van der Waals surface area contributed by atoms with Crippen LogP contribution in [0.1, 0.15) is 63.5 Å². The number of nitrogens with zero attached hydrogens (tertiary/aromatic N) is 2. The standard InChI is InChI=1S/C22H33N3O2/c26-21-13-12-19(17-25(21)16-18-8-2-1-3-9-18)22(27)24-15-7-5-11-20-10-4-6-14-23-20/h4,6,10,14,18-19H,1-3,5,7-9,11-13,15-17H2,(H,24,27)/t19-/m0/s1. The Hall–Kier alpha value is -1.91. The Balaban J connectivity index is 1.35. The van der Waals surface area contributed by atoms with E-state index in [1.165, 1.54) is 32.1 Å². The number of carbonyl (C=O) groups is 2. The number of carbonyl (C=O) groups excluding carboxylic acids is 2. The minimum absolute atomic E-state index is 0.0397. The third kappa shape index (κ3) is 6.33. The lowest BCUT2D eigenvalue weighted by molar-refractivity contribution is -0.139. The highest BCUT2D eigenvalue weighted by molar-refractivity contribution is 5.83. The van der Waals surface area contributed by atoms with E-state index in [0.29, 0.717) is 31.8 Å². The number of hydrogen-bond acceptors (Lipinski definition) is 3. The lowest BCUT2D eigenvalue weighted by Gasteiger charge is -2.35. The molecule has 1 atom stereocenters. The first kappa shape index (κ1) is 19.8. The summed E-state index contributed by atoms with van der Waals surface area (Å²) in [7, 11) is 0. The van der Waals surface area contributed by atoms with Crippen LogP contribution in [0.25, 0.3) is 0 Å². The van der Waals surface area contributed by atoms with Crippen LogP contribution in [0, 0.1) is 11.8 Å². The van der Waals surface area contributed by atoms with Crippen LogP contribution in [0.2, 0.25) is 0 Å². The first-order valence-electron chi connectivity index (χ1n) is 10.7. The van der Waals surface area contributed by atoms with E-state index in [2.05, 4.69) is 10.3 Å². The van der Waals surface area contributed by atoms with Gasteiger partial charge in [-0.3, -0.25) is 14.6 Å². The lowest BCUT2D eigenvalue weighted by Crippen LogP contribution is -2.47. The van der Waals surface area contributed by atoms with Gasteiger partial charge < -0.3 is 10.2 Å². The average molecular weight is 372 g/mol. The van der Waals surface area contributed by atoms with Crippen molar-refractivity contribution in [3.05, 3.63) is 30.1 Å². The molecule has 0 spiro atoms. The Morgan fingerprint density at radius 3 is 2.78 bits per heavy atom. The van der Waals surface area contributed by atoms with Gasteiger partial charge >= 0.3 is 0 Å². The van der Waals surface area contributed by atoms with E-state index in [1.807, 2.05) is 29.3 Å². The molecule has 0 aromatic carbocycles. The predicted octanol–water partition coefficient (Wildman–Crippen LogP) is 3.34. The zero-order valence-corrected chi connectivity index (χ0v) is 16.4. The van der Waals surface area contributed by atoms with Gasteiger partial charge in [-0.05, 0) is 56.6 Å². The Morgan fingerprint density at radius 1 is 1.15 bits per heavy atom. The molecule has 1 saturated carbocycles. The summed E-state index contributed by atoms with van der Waals surface area (Å²) in [5.74, 6) is 0.951. The van der Waals surface area contributed by atoms with Crippen LogP contribution in [-0.4, -0.2) is 41.3 Å². The second kappa shape index (κ2) is 10.4. The highest BCUT2D eigenvalue weighted by Gasteiger charge is 2.31. The molecule has 0 bridgehead atoms. The van der Waals surface area contributed by atoms with E-state index in [0.717, 1.165) is 31.5 Å². The Labute approximate surface area is 162 Å². The lowest BCUT2D eigenvalue weighted by atomic mass is 9.87. The van der Waals surface area contributed by atoms with Gasteiger partial charge in [0.15, 0.2) is 0 Å². The zero-order valence-electron chi connectivity index (χ0n) is 16.4. The number of hydrogen-bond donors (Lipinski definition) is 1. The van der Waals surface area contributed by atoms with Crippen molar-refractivity contribution >= 4 is 11.8 Å². The molecule has 0 radical (unpaired) electrons. The summed E-state index contributed by atoms with van der Waals surface area (Å²) in [6, 6.07) is 5.97. The summed E-state index contributed by atoms with van der Waals surface area (Å²) < 4.78 is 0. The van der Waals surface area contributed by atoms with Gasteiger partial charge in [0.2, 0.25) is 11.8 Å². The average Bonchev–Trinajstić information content (AvgIpc) is 2.71. The van der Waals surface area contributed by atoms with E-state index < -0.39 is 0 Å². The highest BCUT2D eigenvalue weighted by atomic mass is 16.2. The summed E-state index contributed by atoms with van der Waals surface area (Å²) in [5.41, 5.74) is 1.10. The van der Waals surface area contributed by atoms with Crippen LogP contribution < -0.4 is 5.32 Å². The Bertz CT molecular complexity index is 599. The molecule has 2 fully saturated rings. The molecule has 1 aromatic heterocycles. The topological polar surface area (TPSA) is 62.3 Å². The van der Waals surface area contributed by atoms with Gasteiger partial charge in [0.1, 0.15) is 0 Å². The van der Waals surface area contributed by atoms with Gasteiger partial charge in [-0.1, -0.05) is 25.3 Å². The van der Waals surface area contributed by atoms with E-state index in [-0.39, 0.29) is 17.7 Å². The van der Waals surface area contributed by atoms with Crippen LogP contribution in [0.5, 0.6) is 0 Å². The maximum atomic E-state index is 12.5. The van der Waals surface area contributed by atoms with E-state index in [1.54, 1.807) is 0 Å². The summed E-state index contributed by atoms with van der Waals surface area (Å²) >= 11 is 0. The smallest absolute Gasteiger partial charge is 0.224 e. The minimum Gasteiger partial charge on any atom is -0.356 e. The number of pyridine rings is 1. The van der Waals surface area contributed by atoms with Crippen molar-refractivity contribution in [1.82, 2.24) is 15.2 Å². The van der Waals surface area contributed by atoms with Gasteiger partial charge in [0.05, 0.1) is 5.92 Å². The number of amides is 2. The van der Waals surface area contributed by atoms with Crippen molar-refractivity contribution in [1.29, 1.82) is 0 Å². The van der Waals surface area contributed by atoms with Gasteiger partial charge in [-0.15, -0.1) is 0 Å². The van der Waals surface area contributed by atoms with Crippen LogP contribution in [0.3, 0.4) is 0 Å². The molecule has 1 aliphatic carbocycles. The number of aromatic nitrogens is 1. The van der Waals surface area contributed by atoms with Crippen molar-refractivity contribution in [2.45, 2.75) is 64.2 Å². The predicted molar refractivity (Wildman–Crippen MR) is 106 cm³/mol. The largest absolute Gasteiger partial charge is 0.356 e. The summed E-state index contributed by atoms with van der Waals surface area (Å²) in [4.78, 5) is 31.1. The molecule has 5 heteroatoms. The third-order valence-electron chi connectivity index (χ3n) is 5.96.